The Labute approximate surface area is 99.5 Å². The molecule has 1 atom stereocenters. The summed E-state index contributed by atoms with van der Waals surface area (Å²) in [6.07, 6.45) is 7.27. The van der Waals surface area contributed by atoms with Gasteiger partial charge in [0.2, 0.25) is 0 Å². The fourth-order valence-electron chi connectivity index (χ4n) is 2.97. The van der Waals surface area contributed by atoms with Gasteiger partial charge in [0, 0.05) is 13.1 Å². The molecule has 0 amide bonds. The summed E-state index contributed by atoms with van der Waals surface area (Å²) in [5.74, 6) is 0.858. The molecule has 1 unspecified atom stereocenters. The Balaban J connectivity index is 1.53. The van der Waals surface area contributed by atoms with Crippen LogP contribution in [0.25, 0.3) is 0 Å². The Hall–Kier alpha value is -0.120. The van der Waals surface area contributed by atoms with Crippen LogP contribution in [0.4, 0.5) is 0 Å². The van der Waals surface area contributed by atoms with E-state index in [1.54, 1.807) is 0 Å². The summed E-state index contributed by atoms with van der Waals surface area (Å²) in [7, 11) is 2.05. The van der Waals surface area contributed by atoms with Crippen LogP contribution in [0.2, 0.25) is 0 Å². The smallest absolute Gasteiger partial charge is 0.0597 e. The second-order valence-electron chi connectivity index (χ2n) is 5.29. The van der Waals surface area contributed by atoms with Gasteiger partial charge >= 0.3 is 0 Å². The van der Waals surface area contributed by atoms with Crippen LogP contribution in [-0.4, -0.2) is 50.8 Å². The van der Waals surface area contributed by atoms with Crippen LogP contribution in [0.1, 0.15) is 32.1 Å². The van der Waals surface area contributed by atoms with Crippen LogP contribution in [0.5, 0.6) is 0 Å². The number of nitrogens with zero attached hydrogens (tertiary/aromatic N) is 1. The molecule has 1 saturated heterocycles. The van der Waals surface area contributed by atoms with E-state index in [4.69, 9.17) is 4.74 Å². The van der Waals surface area contributed by atoms with Crippen LogP contribution in [0, 0.1) is 5.92 Å². The lowest BCUT2D eigenvalue weighted by Crippen LogP contribution is -2.28. The molecule has 0 spiro atoms. The second-order valence-corrected chi connectivity index (χ2v) is 5.29. The Morgan fingerprint density at radius 3 is 2.81 bits per heavy atom. The van der Waals surface area contributed by atoms with E-state index in [-0.39, 0.29) is 0 Å². The van der Waals surface area contributed by atoms with Gasteiger partial charge in [-0.05, 0) is 45.3 Å². The minimum absolute atomic E-state index is 0.579. The monoisotopic (exact) mass is 226 g/mol. The number of rotatable bonds is 6. The predicted molar refractivity (Wildman–Crippen MR) is 66.7 cm³/mol. The molecule has 3 heteroatoms. The number of hydrogen-bond acceptors (Lipinski definition) is 3. The van der Waals surface area contributed by atoms with Gasteiger partial charge in [0.15, 0.2) is 0 Å². The molecule has 16 heavy (non-hydrogen) atoms. The largest absolute Gasteiger partial charge is 0.377 e. The number of hydrogen-bond donors (Lipinski definition) is 1. The topological polar surface area (TPSA) is 24.5 Å². The van der Waals surface area contributed by atoms with Gasteiger partial charge in [-0.2, -0.15) is 0 Å². The Kier molecular flexibility index (Phi) is 5.07. The summed E-state index contributed by atoms with van der Waals surface area (Å²) in [6.45, 7) is 5.77. The fourth-order valence-corrected chi connectivity index (χ4v) is 2.97. The van der Waals surface area contributed by atoms with Crippen molar-refractivity contribution in [2.24, 2.45) is 5.92 Å². The van der Waals surface area contributed by atoms with Crippen LogP contribution < -0.4 is 5.32 Å². The van der Waals surface area contributed by atoms with Crippen LogP contribution in [0.15, 0.2) is 0 Å². The highest BCUT2D eigenvalue weighted by atomic mass is 16.5. The number of nitrogens with one attached hydrogen (secondary N) is 1. The molecule has 0 aromatic carbocycles. The lowest BCUT2D eigenvalue weighted by atomic mass is 10.1. The van der Waals surface area contributed by atoms with Gasteiger partial charge in [0.25, 0.3) is 0 Å². The molecule has 94 valence electrons. The molecule has 2 aliphatic rings. The predicted octanol–water partition coefficient (Wildman–Crippen LogP) is 1.49. The van der Waals surface area contributed by atoms with E-state index in [2.05, 4.69) is 10.2 Å². The van der Waals surface area contributed by atoms with Crippen molar-refractivity contribution in [3.05, 3.63) is 0 Å². The van der Waals surface area contributed by atoms with E-state index in [0.717, 1.165) is 19.1 Å². The molecule has 1 heterocycles. The molecule has 2 rings (SSSR count). The summed E-state index contributed by atoms with van der Waals surface area (Å²) in [6, 6.07) is 0. The second kappa shape index (κ2) is 6.58. The van der Waals surface area contributed by atoms with E-state index < -0.39 is 0 Å². The van der Waals surface area contributed by atoms with E-state index in [0.29, 0.717) is 6.10 Å². The highest BCUT2D eigenvalue weighted by Gasteiger charge is 2.22. The zero-order chi connectivity index (χ0) is 11.2. The van der Waals surface area contributed by atoms with Crippen LogP contribution in [0.3, 0.4) is 0 Å². The summed E-state index contributed by atoms with van der Waals surface area (Å²) >= 11 is 0. The van der Waals surface area contributed by atoms with Gasteiger partial charge in [-0.1, -0.05) is 12.8 Å². The van der Waals surface area contributed by atoms with Gasteiger partial charge in [0.1, 0.15) is 0 Å². The summed E-state index contributed by atoms with van der Waals surface area (Å²) < 4.78 is 5.90. The molecule has 1 aliphatic carbocycles. The molecule has 0 aromatic heterocycles. The van der Waals surface area contributed by atoms with Crippen molar-refractivity contribution in [3.63, 3.8) is 0 Å². The minimum Gasteiger partial charge on any atom is -0.377 e. The third-order valence-corrected chi connectivity index (χ3v) is 3.93. The third-order valence-electron chi connectivity index (χ3n) is 3.93. The van der Waals surface area contributed by atoms with E-state index >= 15 is 0 Å². The zero-order valence-electron chi connectivity index (χ0n) is 10.6. The Morgan fingerprint density at radius 2 is 2.06 bits per heavy atom. The summed E-state index contributed by atoms with van der Waals surface area (Å²) in [5.41, 5.74) is 0. The van der Waals surface area contributed by atoms with E-state index in [9.17, 15) is 0 Å². The first-order valence-corrected chi connectivity index (χ1v) is 6.87. The normalized spacial score (nSPS) is 27.9. The van der Waals surface area contributed by atoms with Crippen molar-refractivity contribution >= 4 is 0 Å². The third kappa shape index (κ3) is 3.72. The highest BCUT2D eigenvalue weighted by Crippen LogP contribution is 2.21. The Bertz CT molecular complexity index is 192. The van der Waals surface area contributed by atoms with Crippen molar-refractivity contribution in [3.8, 4) is 0 Å². The van der Waals surface area contributed by atoms with Crippen molar-refractivity contribution in [1.82, 2.24) is 10.2 Å². The molecule has 0 aromatic rings. The fraction of sp³-hybridized carbons (Fsp3) is 1.00. The SMILES string of the molecule is CNCC1CCN(CCOC2CCCC2)C1. The van der Waals surface area contributed by atoms with Crippen molar-refractivity contribution in [2.75, 3.05) is 39.8 Å². The lowest BCUT2D eigenvalue weighted by molar-refractivity contribution is 0.0450. The first-order valence-electron chi connectivity index (χ1n) is 6.87. The standard InChI is InChI=1S/C13H26N2O/c1-14-10-12-6-7-15(11-12)8-9-16-13-4-2-3-5-13/h12-14H,2-11H2,1H3. The van der Waals surface area contributed by atoms with Gasteiger partial charge in [-0.3, -0.25) is 0 Å². The van der Waals surface area contributed by atoms with Crippen molar-refractivity contribution < 1.29 is 4.74 Å². The molecular weight excluding hydrogens is 200 g/mol. The maximum Gasteiger partial charge on any atom is 0.0597 e. The molecule has 2 fully saturated rings. The minimum atomic E-state index is 0.579. The summed E-state index contributed by atoms with van der Waals surface area (Å²) in [4.78, 5) is 2.55. The summed E-state index contributed by atoms with van der Waals surface area (Å²) in [5, 5.41) is 3.27. The maximum atomic E-state index is 5.90. The van der Waals surface area contributed by atoms with Gasteiger partial charge < -0.3 is 15.0 Å². The first-order chi connectivity index (χ1) is 7.88. The molecule has 3 nitrogen and oxygen atoms in total. The van der Waals surface area contributed by atoms with E-state index in [1.807, 2.05) is 7.05 Å². The zero-order valence-corrected chi connectivity index (χ0v) is 10.6. The molecule has 0 radical (unpaired) electrons. The first kappa shape index (κ1) is 12.3. The van der Waals surface area contributed by atoms with Crippen LogP contribution >= 0.6 is 0 Å². The molecule has 1 aliphatic heterocycles. The molecule has 1 saturated carbocycles. The van der Waals surface area contributed by atoms with Gasteiger partial charge in [-0.25, -0.2) is 0 Å². The molecular formula is C13H26N2O. The quantitative estimate of drug-likeness (QED) is 0.742. The van der Waals surface area contributed by atoms with Crippen molar-refractivity contribution in [2.45, 2.75) is 38.2 Å². The average Bonchev–Trinajstić information content (AvgIpc) is 2.90. The molecule has 0 bridgehead atoms. The van der Waals surface area contributed by atoms with Gasteiger partial charge in [-0.15, -0.1) is 0 Å². The average molecular weight is 226 g/mol. The number of likely N-dealkylation sites (tertiary alicyclic amines) is 1. The van der Waals surface area contributed by atoms with Gasteiger partial charge in [0.05, 0.1) is 12.7 Å². The van der Waals surface area contributed by atoms with E-state index in [1.165, 1.54) is 51.7 Å². The Morgan fingerprint density at radius 1 is 1.25 bits per heavy atom. The highest BCUT2D eigenvalue weighted by molar-refractivity contribution is 4.76. The van der Waals surface area contributed by atoms with Crippen molar-refractivity contribution in [1.29, 1.82) is 0 Å². The number of ether oxygens (including phenoxy) is 1. The lowest BCUT2D eigenvalue weighted by Gasteiger charge is -2.18. The van der Waals surface area contributed by atoms with Crippen LogP contribution in [-0.2, 0) is 4.74 Å². The molecule has 1 N–H and O–H groups in total. The maximum absolute atomic E-state index is 5.90.